The lowest BCUT2D eigenvalue weighted by atomic mass is 10.1. The first-order valence-electron chi connectivity index (χ1n) is 5.70. The summed E-state index contributed by atoms with van der Waals surface area (Å²) in [6, 6.07) is 8.18. The maximum absolute atomic E-state index is 4.58. The normalized spacial score (nSPS) is 20.4. The Balaban J connectivity index is 1.83. The lowest BCUT2D eigenvalue weighted by molar-refractivity contribution is 0.739. The fourth-order valence-corrected chi connectivity index (χ4v) is 3.09. The van der Waals surface area contributed by atoms with E-state index in [1.165, 1.54) is 19.3 Å². The van der Waals surface area contributed by atoms with E-state index in [0.717, 1.165) is 16.2 Å². The predicted octanol–water partition coefficient (Wildman–Crippen LogP) is 3.76. The van der Waals surface area contributed by atoms with Crippen molar-refractivity contribution < 1.29 is 0 Å². The Morgan fingerprint density at radius 1 is 1.31 bits per heavy atom. The van der Waals surface area contributed by atoms with Gasteiger partial charge in [0.2, 0.25) is 0 Å². The molecular weight excluding hydrogens is 216 g/mol. The van der Waals surface area contributed by atoms with Crippen LogP contribution in [0, 0.1) is 0 Å². The average molecular weight is 230 g/mol. The number of nitrogens with zero attached hydrogens (tertiary/aromatic N) is 1. The first-order chi connectivity index (χ1) is 7.92. The van der Waals surface area contributed by atoms with Crippen LogP contribution in [0.15, 0.2) is 41.6 Å². The minimum Gasteiger partial charge on any atom is -0.333 e. The number of fused-ring (bicyclic) bond motifs is 1. The largest absolute Gasteiger partial charge is 0.333 e. The molecule has 2 aromatic rings. The smallest absolute Gasteiger partial charge is 0.166 e. The van der Waals surface area contributed by atoms with Gasteiger partial charge in [-0.25, -0.2) is 4.98 Å². The average Bonchev–Trinajstić information content (AvgIpc) is 2.72. The second-order valence-electron chi connectivity index (χ2n) is 4.07. The number of benzene rings is 1. The number of imidazole rings is 1. The molecule has 1 unspecified atom stereocenters. The maximum Gasteiger partial charge on any atom is 0.166 e. The van der Waals surface area contributed by atoms with Crippen LogP contribution in [0.1, 0.15) is 19.3 Å². The van der Waals surface area contributed by atoms with Gasteiger partial charge in [-0.1, -0.05) is 36.0 Å². The number of thioether (sulfide) groups is 1. The molecule has 0 spiro atoms. The Hall–Kier alpha value is -1.22. The summed E-state index contributed by atoms with van der Waals surface area (Å²) in [5.74, 6) is 0. The summed E-state index contributed by atoms with van der Waals surface area (Å²) < 4.78 is 0. The van der Waals surface area contributed by atoms with Gasteiger partial charge in [0.15, 0.2) is 5.16 Å². The van der Waals surface area contributed by atoms with Gasteiger partial charge in [-0.15, -0.1) is 0 Å². The Morgan fingerprint density at radius 3 is 3.06 bits per heavy atom. The molecule has 0 radical (unpaired) electrons. The Morgan fingerprint density at radius 2 is 2.25 bits per heavy atom. The number of allylic oxidation sites excluding steroid dienone is 1. The van der Waals surface area contributed by atoms with Crippen molar-refractivity contribution in [1.29, 1.82) is 0 Å². The third kappa shape index (κ3) is 2.00. The van der Waals surface area contributed by atoms with Crippen LogP contribution in [-0.2, 0) is 0 Å². The molecule has 1 atom stereocenters. The molecule has 0 fully saturated rings. The number of aromatic amines is 1. The molecule has 3 rings (SSSR count). The van der Waals surface area contributed by atoms with E-state index in [4.69, 9.17) is 0 Å². The second-order valence-corrected chi connectivity index (χ2v) is 5.30. The van der Waals surface area contributed by atoms with E-state index in [0.29, 0.717) is 5.25 Å². The highest BCUT2D eigenvalue weighted by molar-refractivity contribution is 7.99. The molecule has 16 heavy (non-hydrogen) atoms. The summed E-state index contributed by atoms with van der Waals surface area (Å²) in [6.07, 6.45) is 8.38. The van der Waals surface area contributed by atoms with Gasteiger partial charge in [0.25, 0.3) is 0 Å². The molecule has 0 amide bonds. The van der Waals surface area contributed by atoms with Crippen LogP contribution in [0.25, 0.3) is 11.0 Å². The summed E-state index contributed by atoms with van der Waals surface area (Å²) in [5.41, 5.74) is 2.19. The molecule has 0 saturated heterocycles. The van der Waals surface area contributed by atoms with Crippen molar-refractivity contribution in [1.82, 2.24) is 9.97 Å². The van der Waals surface area contributed by atoms with Gasteiger partial charge in [-0.05, 0) is 31.4 Å². The second kappa shape index (κ2) is 4.34. The Bertz CT molecular complexity index is 482. The molecule has 82 valence electrons. The van der Waals surface area contributed by atoms with E-state index < -0.39 is 0 Å². The summed E-state index contributed by atoms with van der Waals surface area (Å²) >= 11 is 1.84. The highest BCUT2D eigenvalue weighted by Crippen LogP contribution is 2.29. The zero-order chi connectivity index (χ0) is 10.8. The topological polar surface area (TPSA) is 28.7 Å². The molecular formula is C13H14N2S. The Labute approximate surface area is 99.2 Å². The van der Waals surface area contributed by atoms with Crippen molar-refractivity contribution in [2.24, 2.45) is 0 Å². The van der Waals surface area contributed by atoms with Crippen LogP contribution in [0.3, 0.4) is 0 Å². The van der Waals surface area contributed by atoms with Gasteiger partial charge in [-0.2, -0.15) is 0 Å². The predicted molar refractivity (Wildman–Crippen MR) is 68.7 cm³/mol. The van der Waals surface area contributed by atoms with Crippen LogP contribution in [0.2, 0.25) is 0 Å². The highest BCUT2D eigenvalue weighted by atomic mass is 32.2. The van der Waals surface area contributed by atoms with Gasteiger partial charge < -0.3 is 4.98 Å². The molecule has 2 nitrogen and oxygen atoms in total. The maximum atomic E-state index is 4.58. The first-order valence-corrected chi connectivity index (χ1v) is 6.58. The van der Waals surface area contributed by atoms with E-state index in [1.54, 1.807) is 0 Å². The Kier molecular flexibility index (Phi) is 2.70. The van der Waals surface area contributed by atoms with Gasteiger partial charge in [0.1, 0.15) is 0 Å². The van der Waals surface area contributed by atoms with Gasteiger partial charge in [0, 0.05) is 5.25 Å². The van der Waals surface area contributed by atoms with E-state index in [-0.39, 0.29) is 0 Å². The number of hydrogen-bond acceptors (Lipinski definition) is 2. The molecule has 0 bridgehead atoms. The summed E-state index contributed by atoms with van der Waals surface area (Å²) in [7, 11) is 0. The number of hydrogen-bond donors (Lipinski definition) is 1. The molecule has 3 heteroatoms. The van der Waals surface area contributed by atoms with Crippen LogP contribution < -0.4 is 0 Å². The molecule has 1 aromatic heterocycles. The first kappa shape index (κ1) is 9.97. The molecule has 0 aliphatic heterocycles. The van der Waals surface area contributed by atoms with Crippen molar-refractivity contribution in [3.63, 3.8) is 0 Å². The molecule has 0 saturated carbocycles. The van der Waals surface area contributed by atoms with Gasteiger partial charge in [0.05, 0.1) is 11.0 Å². The standard InChI is InChI=1S/C13H14N2S/c1-2-6-10(7-3-1)16-13-14-11-8-4-5-9-12(11)15-13/h2,4-6,8-10H,1,3,7H2,(H,14,15). The molecule has 1 N–H and O–H groups in total. The van der Waals surface area contributed by atoms with Crippen LogP contribution >= 0.6 is 11.8 Å². The number of H-pyrrole nitrogens is 1. The van der Waals surface area contributed by atoms with Crippen molar-refractivity contribution in [3.05, 3.63) is 36.4 Å². The molecule has 1 aliphatic rings. The summed E-state index contributed by atoms with van der Waals surface area (Å²) in [4.78, 5) is 7.94. The fourth-order valence-electron chi connectivity index (χ4n) is 2.01. The molecule has 1 heterocycles. The van der Waals surface area contributed by atoms with Crippen LogP contribution in [0.5, 0.6) is 0 Å². The van der Waals surface area contributed by atoms with E-state index in [9.17, 15) is 0 Å². The summed E-state index contributed by atoms with van der Waals surface area (Å²) in [6.45, 7) is 0. The fraction of sp³-hybridized carbons (Fsp3) is 0.308. The number of nitrogens with one attached hydrogen (secondary N) is 1. The zero-order valence-corrected chi connectivity index (χ0v) is 9.83. The third-order valence-corrected chi connectivity index (χ3v) is 3.95. The van der Waals surface area contributed by atoms with E-state index in [1.807, 2.05) is 30.0 Å². The van der Waals surface area contributed by atoms with Crippen LogP contribution in [-0.4, -0.2) is 15.2 Å². The summed E-state index contributed by atoms with van der Waals surface area (Å²) in [5, 5.41) is 1.63. The minimum absolute atomic E-state index is 0.592. The van der Waals surface area contributed by atoms with Crippen LogP contribution in [0.4, 0.5) is 0 Å². The van der Waals surface area contributed by atoms with Crippen molar-refractivity contribution in [2.75, 3.05) is 0 Å². The lowest BCUT2D eigenvalue weighted by Gasteiger charge is -2.13. The quantitative estimate of drug-likeness (QED) is 0.796. The minimum atomic E-state index is 0.592. The third-order valence-electron chi connectivity index (χ3n) is 2.84. The van der Waals surface area contributed by atoms with Gasteiger partial charge in [-0.3, -0.25) is 0 Å². The van der Waals surface area contributed by atoms with Crippen molar-refractivity contribution >= 4 is 22.8 Å². The number of para-hydroxylation sites is 2. The SMILES string of the molecule is C1=CC(Sc2nc3ccccc3[nH]2)CCC1. The highest BCUT2D eigenvalue weighted by Gasteiger charge is 2.12. The van der Waals surface area contributed by atoms with Crippen molar-refractivity contribution in [2.45, 2.75) is 29.7 Å². The van der Waals surface area contributed by atoms with E-state index in [2.05, 4.69) is 28.2 Å². The van der Waals surface area contributed by atoms with Crippen molar-refractivity contribution in [3.8, 4) is 0 Å². The number of aromatic nitrogens is 2. The molecule has 1 aliphatic carbocycles. The number of rotatable bonds is 2. The molecule has 1 aromatic carbocycles. The van der Waals surface area contributed by atoms with Gasteiger partial charge >= 0.3 is 0 Å². The monoisotopic (exact) mass is 230 g/mol. The zero-order valence-electron chi connectivity index (χ0n) is 9.02. The lowest BCUT2D eigenvalue weighted by Crippen LogP contribution is -2.02. The van der Waals surface area contributed by atoms with E-state index >= 15 is 0 Å².